The molecule has 5 heteroatoms. The number of nitrogens with zero attached hydrogens (tertiary/aromatic N) is 1. The highest BCUT2D eigenvalue weighted by Gasteiger charge is 2.23. The van der Waals surface area contributed by atoms with Gasteiger partial charge in [0.05, 0.1) is 13.2 Å². The van der Waals surface area contributed by atoms with Gasteiger partial charge in [-0.2, -0.15) is 0 Å². The molecule has 0 bridgehead atoms. The summed E-state index contributed by atoms with van der Waals surface area (Å²) in [7, 11) is 3.31. The smallest absolute Gasteiger partial charge is 0.323 e. The fraction of sp³-hybridized carbons (Fsp3) is 0.800. The Morgan fingerprint density at radius 2 is 2.00 bits per heavy atom. The number of carbonyl (C=O) groups is 2. The molecule has 0 aliphatic carbocycles. The lowest BCUT2D eigenvalue weighted by atomic mass is 10.2. The van der Waals surface area contributed by atoms with E-state index < -0.39 is 0 Å². The first-order valence-corrected chi connectivity index (χ1v) is 5.14. The van der Waals surface area contributed by atoms with Crippen LogP contribution in [0, 0.1) is 0 Å². The summed E-state index contributed by atoms with van der Waals surface area (Å²) in [5.74, 6) is -0.383. The van der Waals surface area contributed by atoms with Crippen molar-refractivity contribution in [1.82, 2.24) is 10.2 Å². The van der Waals surface area contributed by atoms with Crippen LogP contribution in [0.25, 0.3) is 0 Å². The molecule has 0 saturated heterocycles. The molecular formula is C10H20N2O3. The quantitative estimate of drug-likeness (QED) is 0.635. The van der Waals surface area contributed by atoms with Crippen molar-refractivity contribution in [1.29, 1.82) is 0 Å². The highest BCUT2D eigenvalue weighted by atomic mass is 16.5. The van der Waals surface area contributed by atoms with E-state index in [2.05, 4.69) is 5.32 Å². The highest BCUT2D eigenvalue weighted by molar-refractivity contribution is 5.80. The van der Waals surface area contributed by atoms with Crippen LogP contribution >= 0.6 is 0 Å². The Balaban J connectivity index is 4.26. The van der Waals surface area contributed by atoms with Crippen molar-refractivity contribution in [2.24, 2.45) is 0 Å². The van der Waals surface area contributed by atoms with Crippen LogP contribution in [-0.2, 0) is 14.3 Å². The van der Waals surface area contributed by atoms with Gasteiger partial charge in [0.15, 0.2) is 0 Å². The second kappa shape index (κ2) is 7.23. The zero-order chi connectivity index (χ0) is 11.8. The third-order valence-electron chi connectivity index (χ3n) is 2.15. The number of hydrogen-bond acceptors (Lipinski definition) is 4. The Hall–Kier alpha value is -1.10. The molecule has 0 spiro atoms. The third kappa shape index (κ3) is 4.78. The van der Waals surface area contributed by atoms with Crippen LogP contribution in [0.1, 0.15) is 20.3 Å². The number of rotatable bonds is 6. The number of likely N-dealkylation sites (N-methyl/N-ethyl adjacent to an activating group) is 2. The zero-order valence-corrected chi connectivity index (χ0v) is 9.87. The molecule has 0 rings (SSSR count). The molecule has 0 radical (unpaired) electrons. The van der Waals surface area contributed by atoms with Gasteiger partial charge in [0, 0.05) is 7.05 Å². The number of esters is 1. The van der Waals surface area contributed by atoms with Gasteiger partial charge < -0.3 is 10.1 Å². The van der Waals surface area contributed by atoms with Crippen LogP contribution in [0.3, 0.4) is 0 Å². The van der Waals surface area contributed by atoms with Crippen LogP contribution in [0.15, 0.2) is 0 Å². The van der Waals surface area contributed by atoms with Gasteiger partial charge in [0.2, 0.25) is 5.91 Å². The lowest BCUT2D eigenvalue weighted by Gasteiger charge is -2.24. The summed E-state index contributed by atoms with van der Waals surface area (Å²) in [6.45, 7) is 4.22. The monoisotopic (exact) mass is 216 g/mol. The average molecular weight is 216 g/mol. The minimum absolute atomic E-state index is 0.111. The lowest BCUT2D eigenvalue weighted by Crippen LogP contribution is -2.44. The fourth-order valence-corrected chi connectivity index (χ4v) is 1.31. The van der Waals surface area contributed by atoms with E-state index in [1.807, 2.05) is 6.92 Å². The SMILES string of the molecule is CCOC(=O)C(CC)N(C)CC(=O)NC. The Morgan fingerprint density at radius 3 is 2.40 bits per heavy atom. The second-order valence-corrected chi connectivity index (χ2v) is 3.26. The first-order valence-electron chi connectivity index (χ1n) is 5.14. The molecule has 0 heterocycles. The molecule has 1 amide bonds. The van der Waals surface area contributed by atoms with E-state index in [1.54, 1.807) is 25.9 Å². The zero-order valence-electron chi connectivity index (χ0n) is 9.87. The van der Waals surface area contributed by atoms with Crippen LogP contribution in [0.4, 0.5) is 0 Å². The molecule has 0 aromatic rings. The normalized spacial score (nSPS) is 12.3. The summed E-state index contributed by atoms with van der Waals surface area (Å²) in [6, 6.07) is -0.345. The van der Waals surface area contributed by atoms with Gasteiger partial charge in [-0.3, -0.25) is 14.5 Å². The second-order valence-electron chi connectivity index (χ2n) is 3.26. The van der Waals surface area contributed by atoms with Crippen molar-refractivity contribution in [3.63, 3.8) is 0 Å². The fourth-order valence-electron chi connectivity index (χ4n) is 1.31. The van der Waals surface area contributed by atoms with Crippen molar-refractivity contribution < 1.29 is 14.3 Å². The molecule has 0 saturated carbocycles. The van der Waals surface area contributed by atoms with Gasteiger partial charge in [0.1, 0.15) is 6.04 Å². The van der Waals surface area contributed by atoms with Crippen molar-refractivity contribution >= 4 is 11.9 Å². The number of ether oxygens (including phenoxy) is 1. The van der Waals surface area contributed by atoms with Gasteiger partial charge in [0.25, 0.3) is 0 Å². The van der Waals surface area contributed by atoms with Crippen LogP contribution in [-0.4, -0.2) is 50.1 Å². The number of hydrogen-bond donors (Lipinski definition) is 1. The summed E-state index contributed by atoms with van der Waals surface area (Å²) in [5.41, 5.74) is 0. The van der Waals surface area contributed by atoms with Crippen molar-refractivity contribution in [3.05, 3.63) is 0 Å². The van der Waals surface area contributed by atoms with E-state index in [9.17, 15) is 9.59 Å². The Labute approximate surface area is 90.8 Å². The van der Waals surface area contributed by atoms with Crippen LogP contribution in [0.5, 0.6) is 0 Å². The van der Waals surface area contributed by atoms with Crippen molar-refractivity contribution in [2.45, 2.75) is 26.3 Å². The van der Waals surface area contributed by atoms with E-state index in [0.29, 0.717) is 13.0 Å². The standard InChI is InChI=1S/C10H20N2O3/c1-5-8(10(14)15-6-2)12(4)7-9(13)11-3/h8H,5-7H2,1-4H3,(H,11,13). The molecule has 0 aromatic heterocycles. The Kier molecular flexibility index (Phi) is 6.70. The number of carbonyl (C=O) groups excluding carboxylic acids is 2. The first-order chi connectivity index (χ1) is 7.06. The molecule has 1 N–H and O–H groups in total. The summed E-state index contributed by atoms with van der Waals surface area (Å²) < 4.78 is 4.92. The van der Waals surface area contributed by atoms with Crippen molar-refractivity contribution in [3.8, 4) is 0 Å². The van der Waals surface area contributed by atoms with E-state index in [-0.39, 0.29) is 24.5 Å². The van der Waals surface area contributed by atoms with E-state index >= 15 is 0 Å². The maximum absolute atomic E-state index is 11.5. The van der Waals surface area contributed by atoms with Gasteiger partial charge in [-0.05, 0) is 20.4 Å². The largest absolute Gasteiger partial charge is 0.465 e. The van der Waals surface area contributed by atoms with Gasteiger partial charge in [-0.25, -0.2) is 0 Å². The summed E-state index contributed by atoms with van der Waals surface area (Å²) in [6.07, 6.45) is 0.631. The van der Waals surface area contributed by atoms with Crippen molar-refractivity contribution in [2.75, 3.05) is 27.2 Å². The molecule has 88 valence electrons. The first kappa shape index (κ1) is 13.9. The minimum atomic E-state index is -0.345. The molecular weight excluding hydrogens is 196 g/mol. The highest BCUT2D eigenvalue weighted by Crippen LogP contribution is 2.03. The number of amides is 1. The number of nitrogens with one attached hydrogen (secondary N) is 1. The third-order valence-corrected chi connectivity index (χ3v) is 2.15. The van der Waals surface area contributed by atoms with Gasteiger partial charge in [-0.1, -0.05) is 6.92 Å². The van der Waals surface area contributed by atoms with Crippen LogP contribution in [0.2, 0.25) is 0 Å². The molecule has 0 fully saturated rings. The maximum atomic E-state index is 11.5. The molecule has 15 heavy (non-hydrogen) atoms. The Morgan fingerprint density at radius 1 is 1.40 bits per heavy atom. The average Bonchev–Trinajstić information content (AvgIpc) is 2.19. The molecule has 0 aliphatic rings. The van der Waals surface area contributed by atoms with Gasteiger partial charge >= 0.3 is 5.97 Å². The van der Waals surface area contributed by atoms with Crippen LogP contribution < -0.4 is 5.32 Å². The van der Waals surface area contributed by atoms with E-state index in [4.69, 9.17) is 4.74 Å². The summed E-state index contributed by atoms with van der Waals surface area (Å²) in [5, 5.41) is 2.51. The Bertz CT molecular complexity index is 219. The van der Waals surface area contributed by atoms with E-state index in [0.717, 1.165) is 0 Å². The van der Waals surface area contributed by atoms with E-state index in [1.165, 1.54) is 0 Å². The lowest BCUT2D eigenvalue weighted by molar-refractivity contribution is -0.149. The molecule has 1 unspecified atom stereocenters. The predicted molar refractivity (Wildman–Crippen MR) is 57.4 cm³/mol. The molecule has 0 aromatic carbocycles. The maximum Gasteiger partial charge on any atom is 0.323 e. The molecule has 0 aliphatic heterocycles. The topological polar surface area (TPSA) is 58.6 Å². The molecule has 1 atom stereocenters. The predicted octanol–water partition coefficient (Wildman–Crippen LogP) is 0.00590. The summed E-state index contributed by atoms with van der Waals surface area (Å²) >= 11 is 0. The molecule has 5 nitrogen and oxygen atoms in total. The van der Waals surface area contributed by atoms with Gasteiger partial charge in [-0.15, -0.1) is 0 Å². The minimum Gasteiger partial charge on any atom is -0.465 e. The summed E-state index contributed by atoms with van der Waals surface area (Å²) in [4.78, 5) is 24.3.